The molecule has 152 valence electrons. The molecule has 7 nitrogen and oxygen atoms in total. The van der Waals surface area contributed by atoms with Crippen molar-refractivity contribution in [3.63, 3.8) is 0 Å². The van der Waals surface area contributed by atoms with E-state index < -0.39 is 0 Å². The van der Waals surface area contributed by atoms with Crippen LogP contribution < -0.4 is 16.0 Å². The summed E-state index contributed by atoms with van der Waals surface area (Å²) < 4.78 is 1.93. The molecule has 1 amide bonds. The second-order valence-corrected chi connectivity index (χ2v) is 7.67. The molecule has 0 bridgehead atoms. The number of hydrogen-bond donors (Lipinski definition) is 3. The van der Waals surface area contributed by atoms with E-state index in [2.05, 4.69) is 39.9 Å². The largest absolute Gasteiger partial charge is 0.356 e. The molecule has 7 heteroatoms. The third-order valence-corrected chi connectivity index (χ3v) is 5.39. The van der Waals surface area contributed by atoms with Gasteiger partial charge >= 0.3 is 0 Å². The Bertz CT molecular complexity index is 645. The molecule has 0 aromatic carbocycles. The van der Waals surface area contributed by atoms with Crippen LogP contribution in [0.3, 0.4) is 0 Å². The van der Waals surface area contributed by atoms with Gasteiger partial charge < -0.3 is 16.0 Å². The zero-order chi connectivity index (χ0) is 19.8. The van der Waals surface area contributed by atoms with Gasteiger partial charge in [0.25, 0.3) is 0 Å². The molecular weight excluding hydrogens is 340 g/mol. The minimum atomic E-state index is 0.125. The Morgan fingerprint density at radius 1 is 1.30 bits per heavy atom. The first-order valence-corrected chi connectivity index (χ1v) is 10.2. The lowest BCUT2D eigenvalue weighted by Crippen LogP contribution is -2.44. The van der Waals surface area contributed by atoms with Gasteiger partial charge in [-0.3, -0.25) is 14.5 Å². The SMILES string of the molecule is CN=C(NCCC(=O)NC1CCCCC1)NC(C)Cc1c(C)nn(C)c1C. The summed E-state index contributed by atoms with van der Waals surface area (Å²) in [6, 6.07) is 0.587. The van der Waals surface area contributed by atoms with E-state index in [1.54, 1.807) is 7.05 Å². The fourth-order valence-electron chi connectivity index (χ4n) is 3.74. The van der Waals surface area contributed by atoms with Crippen molar-refractivity contribution in [3.8, 4) is 0 Å². The van der Waals surface area contributed by atoms with E-state index in [0.29, 0.717) is 19.0 Å². The molecule has 1 unspecified atom stereocenters. The van der Waals surface area contributed by atoms with Crippen molar-refractivity contribution in [2.45, 2.75) is 77.8 Å². The molecule has 1 atom stereocenters. The van der Waals surface area contributed by atoms with E-state index in [1.165, 1.54) is 30.5 Å². The average Bonchev–Trinajstić information content (AvgIpc) is 2.87. The third-order valence-electron chi connectivity index (χ3n) is 5.39. The predicted octanol–water partition coefficient (Wildman–Crippen LogP) is 1.97. The maximum atomic E-state index is 12.1. The van der Waals surface area contributed by atoms with Crippen molar-refractivity contribution >= 4 is 11.9 Å². The van der Waals surface area contributed by atoms with Crippen LogP contribution in [0.2, 0.25) is 0 Å². The van der Waals surface area contributed by atoms with Crippen LogP contribution in [0.5, 0.6) is 0 Å². The van der Waals surface area contributed by atoms with Crippen LogP contribution >= 0.6 is 0 Å². The van der Waals surface area contributed by atoms with Gasteiger partial charge in [0.15, 0.2) is 5.96 Å². The second kappa shape index (κ2) is 10.3. The van der Waals surface area contributed by atoms with E-state index >= 15 is 0 Å². The molecule has 1 fully saturated rings. The molecule has 0 aliphatic heterocycles. The van der Waals surface area contributed by atoms with E-state index in [4.69, 9.17) is 0 Å². The molecule has 0 radical (unpaired) electrons. The number of nitrogens with one attached hydrogen (secondary N) is 3. The number of aromatic nitrogens is 2. The molecule has 1 aromatic rings. The molecule has 1 aliphatic rings. The highest BCUT2D eigenvalue weighted by Crippen LogP contribution is 2.17. The standard InChI is InChI=1S/C20H36N6O/c1-14(13-18-15(2)25-26(5)16(18)3)23-20(21-4)22-12-11-19(27)24-17-9-7-6-8-10-17/h14,17H,6-13H2,1-5H3,(H,24,27)(H2,21,22,23). The van der Waals surface area contributed by atoms with Gasteiger partial charge in [0, 0.05) is 44.8 Å². The second-order valence-electron chi connectivity index (χ2n) is 7.67. The Morgan fingerprint density at radius 3 is 2.59 bits per heavy atom. The number of carbonyl (C=O) groups is 1. The molecule has 3 N–H and O–H groups in total. The summed E-state index contributed by atoms with van der Waals surface area (Å²) in [4.78, 5) is 16.4. The summed E-state index contributed by atoms with van der Waals surface area (Å²) in [7, 11) is 3.73. The molecule has 0 saturated heterocycles. The summed E-state index contributed by atoms with van der Waals surface area (Å²) in [5.74, 6) is 0.853. The molecule has 2 rings (SSSR count). The van der Waals surface area contributed by atoms with Gasteiger partial charge in [-0.15, -0.1) is 0 Å². The highest BCUT2D eigenvalue weighted by Gasteiger charge is 2.16. The summed E-state index contributed by atoms with van der Waals surface area (Å²) in [6.45, 7) is 6.86. The topological polar surface area (TPSA) is 83.3 Å². The number of aliphatic imine (C=N–C) groups is 1. The molecule has 1 aromatic heterocycles. The van der Waals surface area contributed by atoms with Crippen molar-refractivity contribution in [1.82, 2.24) is 25.7 Å². The highest BCUT2D eigenvalue weighted by atomic mass is 16.1. The lowest BCUT2D eigenvalue weighted by atomic mass is 9.95. The maximum absolute atomic E-state index is 12.1. The minimum Gasteiger partial charge on any atom is -0.356 e. The predicted molar refractivity (Wildman–Crippen MR) is 110 cm³/mol. The average molecular weight is 377 g/mol. The van der Waals surface area contributed by atoms with Gasteiger partial charge in [0.1, 0.15) is 0 Å². The van der Waals surface area contributed by atoms with Crippen LogP contribution in [0.4, 0.5) is 0 Å². The number of hydrogen-bond acceptors (Lipinski definition) is 3. The number of rotatable bonds is 7. The Kier molecular flexibility index (Phi) is 8.13. The molecule has 1 aliphatic carbocycles. The van der Waals surface area contributed by atoms with Crippen LogP contribution in [0.25, 0.3) is 0 Å². The number of aryl methyl sites for hydroxylation is 2. The molecular formula is C20H36N6O. The van der Waals surface area contributed by atoms with Gasteiger partial charge in [0.05, 0.1) is 5.69 Å². The van der Waals surface area contributed by atoms with Crippen molar-refractivity contribution < 1.29 is 4.79 Å². The number of guanidine groups is 1. The fourth-order valence-corrected chi connectivity index (χ4v) is 3.74. The van der Waals surface area contributed by atoms with Gasteiger partial charge in [-0.2, -0.15) is 5.10 Å². The van der Waals surface area contributed by atoms with Crippen LogP contribution in [-0.4, -0.2) is 47.3 Å². The zero-order valence-corrected chi connectivity index (χ0v) is 17.6. The zero-order valence-electron chi connectivity index (χ0n) is 17.6. The summed E-state index contributed by atoms with van der Waals surface area (Å²) in [5, 5.41) is 14.3. The Hall–Kier alpha value is -2.05. The fraction of sp³-hybridized carbons (Fsp3) is 0.750. The smallest absolute Gasteiger partial charge is 0.221 e. The van der Waals surface area contributed by atoms with Crippen molar-refractivity contribution in [3.05, 3.63) is 17.0 Å². The van der Waals surface area contributed by atoms with Gasteiger partial charge in [-0.1, -0.05) is 19.3 Å². The molecule has 27 heavy (non-hydrogen) atoms. The van der Waals surface area contributed by atoms with Crippen LogP contribution in [0.15, 0.2) is 4.99 Å². The Balaban J connectivity index is 1.72. The van der Waals surface area contributed by atoms with Crippen molar-refractivity contribution in [1.29, 1.82) is 0 Å². The molecule has 1 heterocycles. The third kappa shape index (κ3) is 6.56. The van der Waals surface area contributed by atoms with E-state index in [-0.39, 0.29) is 11.9 Å². The number of amides is 1. The van der Waals surface area contributed by atoms with Crippen molar-refractivity contribution in [2.75, 3.05) is 13.6 Å². The first-order valence-electron chi connectivity index (χ1n) is 10.2. The monoisotopic (exact) mass is 376 g/mol. The maximum Gasteiger partial charge on any atom is 0.221 e. The molecule has 1 saturated carbocycles. The van der Waals surface area contributed by atoms with Crippen molar-refractivity contribution in [2.24, 2.45) is 12.0 Å². The summed E-state index contributed by atoms with van der Waals surface area (Å²) >= 11 is 0. The van der Waals surface area contributed by atoms with E-state index in [1.807, 2.05) is 18.7 Å². The van der Waals surface area contributed by atoms with Crippen LogP contribution in [-0.2, 0) is 18.3 Å². The Morgan fingerprint density at radius 2 is 2.00 bits per heavy atom. The normalized spacial score (nSPS) is 16.9. The first-order chi connectivity index (χ1) is 12.9. The quantitative estimate of drug-likeness (QED) is 0.502. The van der Waals surface area contributed by atoms with Gasteiger partial charge in [-0.05, 0) is 45.6 Å². The van der Waals surface area contributed by atoms with Gasteiger partial charge in [0.2, 0.25) is 5.91 Å². The van der Waals surface area contributed by atoms with E-state index in [0.717, 1.165) is 30.9 Å². The number of nitrogens with zero attached hydrogens (tertiary/aromatic N) is 3. The Labute approximate surface area is 163 Å². The lowest BCUT2D eigenvalue weighted by molar-refractivity contribution is -0.121. The van der Waals surface area contributed by atoms with Crippen LogP contribution in [0, 0.1) is 13.8 Å². The van der Waals surface area contributed by atoms with Gasteiger partial charge in [-0.25, -0.2) is 0 Å². The highest BCUT2D eigenvalue weighted by molar-refractivity contribution is 5.81. The van der Waals surface area contributed by atoms with E-state index in [9.17, 15) is 4.79 Å². The lowest BCUT2D eigenvalue weighted by Gasteiger charge is -2.23. The molecule has 0 spiro atoms. The first kappa shape index (κ1) is 21.3. The number of carbonyl (C=O) groups excluding carboxylic acids is 1. The summed E-state index contributed by atoms with van der Waals surface area (Å²) in [5.41, 5.74) is 3.55. The summed E-state index contributed by atoms with van der Waals surface area (Å²) in [6.07, 6.45) is 7.34. The minimum absolute atomic E-state index is 0.125. The van der Waals surface area contributed by atoms with Crippen LogP contribution in [0.1, 0.15) is 62.4 Å².